The fourth-order valence-corrected chi connectivity index (χ4v) is 2.77. The van der Waals surface area contributed by atoms with E-state index in [1.165, 1.54) is 6.42 Å². The molecule has 3 rings (SSSR count). The van der Waals surface area contributed by atoms with Crippen molar-refractivity contribution >= 4 is 5.69 Å². The standard InChI is InChI=1S/C15H21N5O/c1-10-7-11(2)14(16)8-13(10)15-17-18-19-20(15)9-12-5-3-4-6-21-12/h7-8,12H,3-6,9,16H2,1-2H3. The zero-order chi connectivity index (χ0) is 14.8. The van der Waals surface area contributed by atoms with E-state index in [0.717, 1.165) is 47.7 Å². The monoisotopic (exact) mass is 287 g/mol. The SMILES string of the molecule is Cc1cc(C)c(-c2nnnn2CC2CCCCO2)cc1N. The molecule has 0 saturated carbocycles. The van der Waals surface area contributed by atoms with Gasteiger partial charge in [-0.2, -0.15) is 0 Å². The lowest BCUT2D eigenvalue weighted by atomic mass is 10.0. The van der Waals surface area contributed by atoms with Crippen molar-refractivity contribution in [2.75, 3.05) is 12.3 Å². The molecule has 0 spiro atoms. The van der Waals surface area contributed by atoms with Crippen molar-refractivity contribution in [1.82, 2.24) is 20.2 Å². The summed E-state index contributed by atoms with van der Waals surface area (Å²) >= 11 is 0. The highest BCUT2D eigenvalue weighted by molar-refractivity contribution is 5.67. The highest BCUT2D eigenvalue weighted by Crippen LogP contribution is 2.26. The van der Waals surface area contributed by atoms with Gasteiger partial charge in [0.1, 0.15) is 0 Å². The van der Waals surface area contributed by atoms with Crippen molar-refractivity contribution < 1.29 is 4.74 Å². The first kappa shape index (κ1) is 14.0. The third-order valence-electron chi connectivity index (χ3n) is 4.04. The normalized spacial score (nSPS) is 18.9. The molecule has 0 amide bonds. The van der Waals surface area contributed by atoms with Crippen molar-refractivity contribution in [3.63, 3.8) is 0 Å². The van der Waals surface area contributed by atoms with Crippen LogP contribution >= 0.6 is 0 Å². The second kappa shape index (κ2) is 5.81. The molecule has 2 N–H and O–H groups in total. The maximum atomic E-state index is 6.03. The second-order valence-corrected chi connectivity index (χ2v) is 5.70. The molecule has 1 aliphatic heterocycles. The van der Waals surface area contributed by atoms with Crippen molar-refractivity contribution in [2.24, 2.45) is 0 Å². The zero-order valence-corrected chi connectivity index (χ0v) is 12.5. The van der Waals surface area contributed by atoms with Crippen LogP contribution in [0.3, 0.4) is 0 Å². The Kier molecular flexibility index (Phi) is 3.88. The van der Waals surface area contributed by atoms with Gasteiger partial charge >= 0.3 is 0 Å². The predicted molar refractivity (Wildman–Crippen MR) is 80.7 cm³/mol. The molecule has 2 aromatic rings. The van der Waals surface area contributed by atoms with Gasteiger partial charge in [0, 0.05) is 17.9 Å². The summed E-state index contributed by atoms with van der Waals surface area (Å²) in [5, 5.41) is 12.1. The van der Waals surface area contributed by atoms with Crippen molar-refractivity contribution in [3.05, 3.63) is 23.3 Å². The Morgan fingerprint density at radius 3 is 2.90 bits per heavy atom. The number of benzene rings is 1. The number of aryl methyl sites for hydroxylation is 2. The van der Waals surface area contributed by atoms with Gasteiger partial charge in [-0.3, -0.25) is 0 Å². The quantitative estimate of drug-likeness (QED) is 0.875. The minimum atomic E-state index is 0.198. The average molecular weight is 287 g/mol. The van der Waals surface area contributed by atoms with Crippen LogP contribution in [-0.4, -0.2) is 32.9 Å². The van der Waals surface area contributed by atoms with Crippen LogP contribution in [0.2, 0.25) is 0 Å². The number of hydrogen-bond donors (Lipinski definition) is 1. The first-order valence-corrected chi connectivity index (χ1v) is 7.40. The molecule has 0 bridgehead atoms. The van der Waals surface area contributed by atoms with Gasteiger partial charge in [-0.05, 0) is 60.7 Å². The second-order valence-electron chi connectivity index (χ2n) is 5.70. The number of rotatable bonds is 3. The minimum Gasteiger partial charge on any atom is -0.398 e. The molecular formula is C15H21N5O. The minimum absolute atomic E-state index is 0.198. The van der Waals surface area contributed by atoms with E-state index < -0.39 is 0 Å². The lowest BCUT2D eigenvalue weighted by molar-refractivity contribution is 0.00397. The molecule has 112 valence electrons. The van der Waals surface area contributed by atoms with Crippen LogP contribution in [-0.2, 0) is 11.3 Å². The summed E-state index contributed by atoms with van der Waals surface area (Å²) in [5.74, 6) is 0.758. The molecule has 1 aliphatic rings. The number of ether oxygens (including phenoxy) is 1. The van der Waals surface area contributed by atoms with Crippen LogP contribution < -0.4 is 5.73 Å². The maximum absolute atomic E-state index is 6.03. The van der Waals surface area contributed by atoms with Gasteiger partial charge in [0.15, 0.2) is 5.82 Å². The summed E-state index contributed by atoms with van der Waals surface area (Å²) in [6.07, 6.45) is 3.61. The Bertz CT molecular complexity index is 631. The Hall–Kier alpha value is -1.95. The van der Waals surface area contributed by atoms with Crippen LogP contribution in [0.4, 0.5) is 5.69 Å². The van der Waals surface area contributed by atoms with Crippen LogP contribution in [0.1, 0.15) is 30.4 Å². The van der Waals surface area contributed by atoms with E-state index >= 15 is 0 Å². The molecule has 6 nitrogen and oxygen atoms in total. The van der Waals surface area contributed by atoms with Crippen molar-refractivity contribution in [1.29, 1.82) is 0 Å². The van der Waals surface area contributed by atoms with Gasteiger partial charge in [-0.15, -0.1) is 5.10 Å². The van der Waals surface area contributed by atoms with E-state index in [4.69, 9.17) is 10.5 Å². The van der Waals surface area contributed by atoms with E-state index in [9.17, 15) is 0 Å². The molecule has 1 unspecified atom stereocenters. The number of nitrogen functional groups attached to an aromatic ring is 1. The van der Waals surface area contributed by atoms with E-state index in [1.807, 2.05) is 17.7 Å². The summed E-state index contributed by atoms with van der Waals surface area (Å²) in [4.78, 5) is 0. The topological polar surface area (TPSA) is 78.8 Å². The van der Waals surface area contributed by atoms with E-state index in [0.29, 0.717) is 6.54 Å². The molecule has 1 aromatic carbocycles. The molecule has 1 saturated heterocycles. The summed E-state index contributed by atoms with van der Waals surface area (Å²) in [5.41, 5.74) is 9.98. The number of tetrazole rings is 1. The van der Waals surface area contributed by atoms with E-state index in [2.05, 4.69) is 28.5 Å². The van der Waals surface area contributed by atoms with Crippen molar-refractivity contribution in [2.45, 2.75) is 45.8 Å². The average Bonchev–Trinajstić information content (AvgIpc) is 2.92. The van der Waals surface area contributed by atoms with E-state index in [1.54, 1.807) is 0 Å². The zero-order valence-electron chi connectivity index (χ0n) is 12.5. The Labute approximate surface area is 124 Å². The van der Waals surface area contributed by atoms with Gasteiger partial charge in [0.25, 0.3) is 0 Å². The van der Waals surface area contributed by atoms with Gasteiger partial charge in [0.05, 0.1) is 12.6 Å². The Morgan fingerprint density at radius 1 is 1.29 bits per heavy atom. The summed E-state index contributed by atoms with van der Waals surface area (Å²) < 4.78 is 7.60. The first-order valence-electron chi connectivity index (χ1n) is 7.40. The molecule has 2 heterocycles. The van der Waals surface area contributed by atoms with Crippen LogP contribution in [0.15, 0.2) is 12.1 Å². The third kappa shape index (κ3) is 2.90. The summed E-state index contributed by atoms with van der Waals surface area (Å²) in [7, 11) is 0. The lowest BCUT2D eigenvalue weighted by Gasteiger charge is -2.22. The summed E-state index contributed by atoms with van der Waals surface area (Å²) in [6, 6.07) is 4.02. The van der Waals surface area contributed by atoms with Gasteiger partial charge in [-0.25, -0.2) is 4.68 Å². The number of anilines is 1. The molecule has 0 radical (unpaired) electrons. The molecule has 6 heteroatoms. The number of nitrogens with two attached hydrogens (primary N) is 1. The number of aromatic nitrogens is 4. The lowest BCUT2D eigenvalue weighted by Crippen LogP contribution is -2.25. The van der Waals surface area contributed by atoms with E-state index in [-0.39, 0.29) is 6.10 Å². The van der Waals surface area contributed by atoms with Gasteiger partial charge in [0.2, 0.25) is 0 Å². The summed E-state index contributed by atoms with van der Waals surface area (Å²) in [6.45, 7) is 5.58. The smallest absolute Gasteiger partial charge is 0.182 e. The first-order chi connectivity index (χ1) is 10.1. The van der Waals surface area contributed by atoms with Crippen LogP contribution in [0.5, 0.6) is 0 Å². The van der Waals surface area contributed by atoms with Crippen molar-refractivity contribution in [3.8, 4) is 11.4 Å². The van der Waals surface area contributed by atoms with Gasteiger partial charge < -0.3 is 10.5 Å². The molecule has 1 fully saturated rings. The number of hydrogen-bond acceptors (Lipinski definition) is 5. The van der Waals surface area contributed by atoms with Gasteiger partial charge in [-0.1, -0.05) is 6.07 Å². The fourth-order valence-electron chi connectivity index (χ4n) is 2.77. The number of nitrogens with zero attached hydrogens (tertiary/aromatic N) is 4. The molecule has 1 atom stereocenters. The van der Waals surface area contributed by atoms with Crippen LogP contribution in [0, 0.1) is 13.8 Å². The highest BCUT2D eigenvalue weighted by atomic mass is 16.5. The molecular weight excluding hydrogens is 266 g/mol. The molecule has 21 heavy (non-hydrogen) atoms. The molecule has 1 aromatic heterocycles. The maximum Gasteiger partial charge on any atom is 0.182 e. The molecule has 0 aliphatic carbocycles. The third-order valence-corrected chi connectivity index (χ3v) is 4.04. The van der Waals surface area contributed by atoms with Crippen LogP contribution in [0.25, 0.3) is 11.4 Å². The fraction of sp³-hybridized carbons (Fsp3) is 0.533. The Morgan fingerprint density at radius 2 is 2.14 bits per heavy atom. The predicted octanol–water partition coefficient (Wildman–Crippen LogP) is 2.11. The largest absolute Gasteiger partial charge is 0.398 e. The Balaban J connectivity index is 1.89. The highest BCUT2D eigenvalue weighted by Gasteiger charge is 2.19.